The first-order valence-corrected chi connectivity index (χ1v) is 9.63. The van der Waals surface area contributed by atoms with Gasteiger partial charge in [-0.2, -0.15) is 5.10 Å². The largest absolute Gasteiger partial charge is 0.381 e. The van der Waals surface area contributed by atoms with Gasteiger partial charge in [0.25, 0.3) is 5.91 Å². The molecular formula is C19H24N6O3. The first-order valence-electron chi connectivity index (χ1n) is 9.63. The fourth-order valence-corrected chi connectivity index (χ4v) is 3.76. The monoisotopic (exact) mass is 384 g/mol. The highest BCUT2D eigenvalue weighted by Gasteiger charge is 2.31. The summed E-state index contributed by atoms with van der Waals surface area (Å²) < 4.78 is 7.21. The number of ether oxygens (including phenoxy) is 1. The minimum Gasteiger partial charge on any atom is -0.381 e. The molecule has 2 aliphatic rings. The Labute approximate surface area is 163 Å². The van der Waals surface area contributed by atoms with Crippen molar-refractivity contribution in [1.29, 1.82) is 0 Å². The summed E-state index contributed by atoms with van der Waals surface area (Å²) in [6.07, 6.45) is 8.45. The van der Waals surface area contributed by atoms with E-state index in [1.165, 1.54) is 18.6 Å². The van der Waals surface area contributed by atoms with E-state index in [0.717, 1.165) is 31.7 Å². The van der Waals surface area contributed by atoms with E-state index in [1.54, 1.807) is 11.1 Å². The second-order valence-corrected chi connectivity index (χ2v) is 7.26. The first kappa shape index (κ1) is 18.5. The van der Waals surface area contributed by atoms with Gasteiger partial charge < -0.3 is 15.0 Å². The number of hydrogen-bond acceptors (Lipinski definition) is 6. The Kier molecular flexibility index (Phi) is 5.61. The van der Waals surface area contributed by atoms with Gasteiger partial charge in [-0.1, -0.05) is 0 Å². The van der Waals surface area contributed by atoms with Gasteiger partial charge >= 0.3 is 0 Å². The molecule has 0 spiro atoms. The highest BCUT2D eigenvalue weighted by Crippen LogP contribution is 2.24. The smallest absolute Gasteiger partial charge is 0.274 e. The standard InChI is InChI=1S/C19H24N6O3/c26-18(22-10-14-2-7-28-8-3-14)9-16-13-24(12-15-1-4-23-25(15)16)19(27)17-11-20-5-6-21-17/h1,4-6,11,14,16H,2-3,7-10,12-13H2,(H,22,26)/t16-/m0/s1. The predicted molar refractivity (Wildman–Crippen MR) is 99.2 cm³/mol. The van der Waals surface area contributed by atoms with Crippen LogP contribution in [0.5, 0.6) is 0 Å². The van der Waals surface area contributed by atoms with E-state index >= 15 is 0 Å². The van der Waals surface area contributed by atoms with Gasteiger partial charge in [-0.05, 0) is 24.8 Å². The van der Waals surface area contributed by atoms with Crippen LogP contribution >= 0.6 is 0 Å². The molecule has 28 heavy (non-hydrogen) atoms. The van der Waals surface area contributed by atoms with Crippen LogP contribution in [0.3, 0.4) is 0 Å². The molecule has 0 saturated carbocycles. The molecule has 4 heterocycles. The topological polar surface area (TPSA) is 102 Å². The number of nitrogens with one attached hydrogen (secondary N) is 1. The average molecular weight is 384 g/mol. The minimum absolute atomic E-state index is 0.0215. The lowest BCUT2D eigenvalue weighted by Gasteiger charge is -2.33. The van der Waals surface area contributed by atoms with Gasteiger partial charge in [0.05, 0.1) is 30.9 Å². The summed E-state index contributed by atoms with van der Waals surface area (Å²) in [6.45, 7) is 3.05. The molecule has 9 heteroatoms. The molecule has 4 rings (SSSR count). The lowest BCUT2D eigenvalue weighted by Crippen LogP contribution is -2.43. The van der Waals surface area contributed by atoms with Gasteiger partial charge in [0.1, 0.15) is 5.69 Å². The lowest BCUT2D eigenvalue weighted by molar-refractivity contribution is -0.122. The van der Waals surface area contributed by atoms with E-state index in [-0.39, 0.29) is 24.3 Å². The lowest BCUT2D eigenvalue weighted by atomic mass is 10.0. The molecule has 0 aromatic carbocycles. The first-order chi connectivity index (χ1) is 13.7. The Balaban J connectivity index is 1.40. The van der Waals surface area contributed by atoms with Crippen LogP contribution in [0.4, 0.5) is 0 Å². The summed E-state index contributed by atoms with van der Waals surface area (Å²) in [7, 11) is 0. The molecule has 148 valence electrons. The second kappa shape index (κ2) is 8.47. The van der Waals surface area contributed by atoms with Gasteiger partial charge in [0.15, 0.2) is 0 Å². The van der Waals surface area contributed by atoms with Crippen LogP contribution in [-0.4, -0.2) is 62.8 Å². The van der Waals surface area contributed by atoms with Crippen molar-refractivity contribution in [2.45, 2.75) is 31.8 Å². The van der Waals surface area contributed by atoms with E-state index in [0.29, 0.717) is 31.2 Å². The zero-order valence-corrected chi connectivity index (χ0v) is 15.7. The highest BCUT2D eigenvalue weighted by atomic mass is 16.5. The van der Waals surface area contributed by atoms with E-state index in [4.69, 9.17) is 4.74 Å². The highest BCUT2D eigenvalue weighted by molar-refractivity contribution is 5.92. The van der Waals surface area contributed by atoms with E-state index in [9.17, 15) is 9.59 Å². The maximum absolute atomic E-state index is 12.8. The van der Waals surface area contributed by atoms with Crippen molar-refractivity contribution < 1.29 is 14.3 Å². The maximum atomic E-state index is 12.8. The number of rotatable bonds is 5. The number of carbonyl (C=O) groups excluding carboxylic acids is 2. The molecule has 1 saturated heterocycles. The van der Waals surface area contributed by atoms with Crippen LogP contribution in [0.25, 0.3) is 0 Å². The number of carbonyl (C=O) groups is 2. The molecule has 1 fully saturated rings. The molecule has 9 nitrogen and oxygen atoms in total. The Morgan fingerprint density at radius 1 is 1.21 bits per heavy atom. The third-order valence-electron chi connectivity index (χ3n) is 5.30. The van der Waals surface area contributed by atoms with Crippen LogP contribution in [0.1, 0.15) is 41.5 Å². The summed E-state index contributed by atoms with van der Waals surface area (Å²) in [6, 6.07) is 1.68. The van der Waals surface area contributed by atoms with E-state index in [1.807, 2.05) is 10.7 Å². The predicted octanol–water partition coefficient (Wildman–Crippen LogP) is 0.803. The van der Waals surface area contributed by atoms with Crippen LogP contribution in [-0.2, 0) is 16.1 Å². The molecule has 2 aliphatic heterocycles. The summed E-state index contributed by atoms with van der Waals surface area (Å²) in [5.41, 5.74) is 1.21. The summed E-state index contributed by atoms with van der Waals surface area (Å²) in [5.74, 6) is 0.263. The molecule has 0 aliphatic carbocycles. The minimum atomic E-state index is -0.200. The van der Waals surface area contributed by atoms with Crippen molar-refractivity contribution in [3.8, 4) is 0 Å². The van der Waals surface area contributed by atoms with Crippen LogP contribution in [0.2, 0.25) is 0 Å². The van der Waals surface area contributed by atoms with Crippen LogP contribution < -0.4 is 5.32 Å². The molecular weight excluding hydrogens is 360 g/mol. The van der Waals surface area contributed by atoms with E-state index in [2.05, 4.69) is 20.4 Å². The summed E-state index contributed by atoms with van der Waals surface area (Å²) >= 11 is 0. The van der Waals surface area contributed by atoms with Crippen molar-refractivity contribution in [1.82, 2.24) is 30.0 Å². The molecule has 0 radical (unpaired) electrons. The quantitative estimate of drug-likeness (QED) is 0.818. The second-order valence-electron chi connectivity index (χ2n) is 7.26. The fourth-order valence-electron chi connectivity index (χ4n) is 3.76. The Morgan fingerprint density at radius 2 is 2.07 bits per heavy atom. The number of nitrogens with zero attached hydrogens (tertiary/aromatic N) is 5. The normalized spacial score (nSPS) is 19.9. The van der Waals surface area contributed by atoms with Gasteiger partial charge in [-0.15, -0.1) is 0 Å². The van der Waals surface area contributed by atoms with Crippen molar-refractivity contribution in [2.24, 2.45) is 5.92 Å². The fraction of sp³-hybridized carbons (Fsp3) is 0.526. The van der Waals surface area contributed by atoms with Crippen LogP contribution in [0.15, 0.2) is 30.9 Å². The number of amides is 2. The number of fused-ring (bicyclic) bond motifs is 1. The van der Waals surface area contributed by atoms with Crippen LogP contribution in [0, 0.1) is 5.92 Å². The Morgan fingerprint density at radius 3 is 2.86 bits per heavy atom. The number of aromatic nitrogens is 4. The Hall–Kier alpha value is -2.81. The molecule has 1 N–H and O–H groups in total. The molecule has 2 aromatic rings. The SMILES string of the molecule is O=C(C[C@H]1CN(C(=O)c2cnccn2)Cc2ccnn21)NCC1CCOCC1. The van der Waals surface area contributed by atoms with Gasteiger partial charge in [-0.25, -0.2) is 4.98 Å². The van der Waals surface area contributed by atoms with E-state index < -0.39 is 0 Å². The van der Waals surface area contributed by atoms with Crippen molar-refractivity contribution >= 4 is 11.8 Å². The van der Waals surface area contributed by atoms with Crippen molar-refractivity contribution in [3.05, 3.63) is 42.2 Å². The maximum Gasteiger partial charge on any atom is 0.274 e. The van der Waals surface area contributed by atoms with Crippen molar-refractivity contribution in [3.63, 3.8) is 0 Å². The summed E-state index contributed by atoms with van der Waals surface area (Å²) in [4.78, 5) is 35.1. The molecule has 2 aromatic heterocycles. The molecule has 0 unspecified atom stereocenters. The molecule has 1 atom stereocenters. The van der Waals surface area contributed by atoms with Crippen molar-refractivity contribution in [2.75, 3.05) is 26.3 Å². The molecule has 2 amide bonds. The third-order valence-corrected chi connectivity index (χ3v) is 5.30. The van der Waals surface area contributed by atoms with Gasteiger partial charge in [0.2, 0.25) is 5.91 Å². The zero-order valence-electron chi connectivity index (χ0n) is 15.7. The molecule has 0 bridgehead atoms. The summed E-state index contributed by atoms with van der Waals surface area (Å²) in [5, 5.41) is 7.40. The van der Waals surface area contributed by atoms with Gasteiger partial charge in [0, 0.05) is 44.9 Å². The Bertz CT molecular complexity index is 818. The zero-order chi connectivity index (χ0) is 19.3. The average Bonchev–Trinajstić information content (AvgIpc) is 3.22. The number of hydrogen-bond donors (Lipinski definition) is 1. The third kappa shape index (κ3) is 4.19. The van der Waals surface area contributed by atoms with Gasteiger partial charge in [-0.3, -0.25) is 19.3 Å².